The van der Waals surface area contributed by atoms with E-state index in [1.807, 2.05) is 19.1 Å². The third-order valence-electron chi connectivity index (χ3n) is 5.81. The number of hydrogen-bond acceptors (Lipinski definition) is 6. The molecule has 2 saturated carbocycles. The van der Waals surface area contributed by atoms with E-state index in [1.54, 1.807) is 0 Å². The van der Waals surface area contributed by atoms with Crippen molar-refractivity contribution in [3.05, 3.63) is 21.9 Å². The molecule has 6 heteroatoms. The molecule has 25 heavy (non-hydrogen) atoms. The predicted octanol–water partition coefficient (Wildman–Crippen LogP) is 4.79. The topological polar surface area (TPSA) is 43.4 Å². The largest absolute Gasteiger partial charge is 0.457 e. The van der Waals surface area contributed by atoms with Gasteiger partial charge < -0.3 is 4.74 Å². The summed E-state index contributed by atoms with van der Waals surface area (Å²) in [5, 5.41) is 0. The predicted molar refractivity (Wildman–Crippen MR) is 106 cm³/mol. The van der Waals surface area contributed by atoms with Crippen LogP contribution in [0.5, 0.6) is 0 Å². The Hall–Kier alpha value is -0.460. The number of ketones is 1. The number of carbonyl (C=O) groups excluding carboxylic acids is 2. The number of carbonyl (C=O) groups is 2. The first kappa shape index (κ1) is 17.9. The first-order chi connectivity index (χ1) is 12.1. The zero-order valence-corrected chi connectivity index (χ0v) is 16.9. The van der Waals surface area contributed by atoms with Gasteiger partial charge in [0.2, 0.25) is 5.78 Å². The van der Waals surface area contributed by atoms with Crippen LogP contribution in [0.15, 0.2) is 12.1 Å². The van der Waals surface area contributed by atoms with Crippen molar-refractivity contribution < 1.29 is 14.3 Å². The van der Waals surface area contributed by atoms with Gasteiger partial charge in [-0.05, 0) is 56.6 Å². The summed E-state index contributed by atoms with van der Waals surface area (Å²) in [5.41, 5.74) is 0. The second kappa shape index (κ2) is 7.28. The molecule has 1 saturated heterocycles. The highest BCUT2D eigenvalue weighted by molar-refractivity contribution is 8.21. The number of thioether (sulfide) groups is 2. The molecule has 0 amide bonds. The SMILES string of the molecule is Cc1ccc(C(=O)COC(=O)C2C[C@H]3CCC[C@@H](C2)C32SCCS2)s1. The molecule has 3 nitrogen and oxygen atoms in total. The number of Topliss-reactive ketones (excluding diaryl/α,β-unsaturated/α-hetero) is 1. The molecular formula is C19H24O3S3. The Morgan fingerprint density at radius 2 is 1.84 bits per heavy atom. The third kappa shape index (κ3) is 3.42. The number of ether oxygens (including phenoxy) is 1. The quantitative estimate of drug-likeness (QED) is 0.541. The minimum atomic E-state index is -0.152. The second-order valence-electron chi connectivity index (χ2n) is 7.35. The fourth-order valence-corrected chi connectivity index (χ4v) is 9.44. The van der Waals surface area contributed by atoms with Crippen molar-refractivity contribution in [3.63, 3.8) is 0 Å². The number of aryl methyl sites for hydroxylation is 1. The van der Waals surface area contributed by atoms with Gasteiger partial charge in [0.1, 0.15) is 0 Å². The van der Waals surface area contributed by atoms with Gasteiger partial charge in [-0.3, -0.25) is 9.59 Å². The first-order valence-electron chi connectivity index (χ1n) is 9.12. The molecule has 1 unspecified atom stereocenters. The molecular weight excluding hydrogens is 372 g/mol. The van der Waals surface area contributed by atoms with Crippen molar-refractivity contribution in [3.8, 4) is 0 Å². The van der Waals surface area contributed by atoms with Gasteiger partial charge in [-0.1, -0.05) is 6.42 Å². The highest BCUT2D eigenvalue weighted by atomic mass is 32.2. The van der Waals surface area contributed by atoms with E-state index in [0.717, 1.165) is 17.7 Å². The highest BCUT2D eigenvalue weighted by Gasteiger charge is 2.55. The van der Waals surface area contributed by atoms with E-state index in [-0.39, 0.29) is 24.3 Å². The smallest absolute Gasteiger partial charge is 0.309 e. The summed E-state index contributed by atoms with van der Waals surface area (Å²) in [6, 6.07) is 3.75. The summed E-state index contributed by atoms with van der Waals surface area (Å²) < 4.78 is 5.80. The molecule has 2 heterocycles. The van der Waals surface area contributed by atoms with Crippen molar-refractivity contribution in [1.82, 2.24) is 0 Å². The molecule has 2 bridgehead atoms. The second-order valence-corrected chi connectivity index (χ2v) is 11.6. The molecule has 2 aliphatic carbocycles. The third-order valence-corrected chi connectivity index (χ3v) is 10.9. The normalized spacial score (nSPS) is 30.4. The van der Waals surface area contributed by atoms with Crippen LogP contribution >= 0.6 is 34.9 Å². The molecule has 0 aromatic carbocycles. The van der Waals surface area contributed by atoms with Crippen LogP contribution in [0.3, 0.4) is 0 Å². The Kier molecular flexibility index (Phi) is 5.22. The van der Waals surface area contributed by atoms with Gasteiger partial charge in [0.25, 0.3) is 0 Å². The fourth-order valence-electron chi connectivity index (χ4n) is 4.71. The molecule has 3 atom stereocenters. The lowest BCUT2D eigenvalue weighted by Crippen LogP contribution is -2.48. The lowest BCUT2D eigenvalue weighted by Gasteiger charge is -2.51. The van der Waals surface area contributed by atoms with Gasteiger partial charge in [-0.25, -0.2) is 0 Å². The molecule has 3 fully saturated rings. The standard InChI is InChI=1S/C19H24O3S3/c1-12-5-6-17(25-12)16(20)11-22-18(21)13-9-14-3-2-4-15(10-13)19(14)23-7-8-24-19/h5-6,13-15H,2-4,7-11H2,1H3/t13?,14-,15+. The van der Waals surface area contributed by atoms with Gasteiger partial charge in [0, 0.05) is 16.4 Å². The summed E-state index contributed by atoms with van der Waals surface area (Å²) in [5.74, 6) is 3.52. The minimum Gasteiger partial charge on any atom is -0.457 e. The summed E-state index contributed by atoms with van der Waals surface area (Å²) in [7, 11) is 0. The average Bonchev–Trinajstić information content (AvgIpc) is 3.22. The van der Waals surface area contributed by atoms with E-state index in [0.29, 0.717) is 20.8 Å². The van der Waals surface area contributed by atoms with Gasteiger partial charge in [-0.15, -0.1) is 34.9 Å². The van der Waals surface area contributed by atoms with Crippen LogP contribution < -0.4 is 0 Å². The molecule has 1 aromatic rings. The van der Waals surface area contributed by atoms with Crippen molar-refractivity contribution >= 4 is 46.6 Å². The van der Waals surface area contributed by atoms with Gasteiger partial charge in [0.15, 0.2) is 6.61 Å². The van der Waals surface area contributed by atoms with Crippen molar-refractivity contribution in [2.75, 3.05) is 18.1 Å². The number of thiophene rings is 1. The molecule has 0 radical (unpaired) electrons. The summed E-state index contributed by atoms with van der Waals surface area (Å²) in [4.78, 5) is 26.5. The number of rotatable bonds is 4. The van der Waals surface area contributed by atoms with Crippen LogP contribution in [-0.2, 0) is 9.53 Å². The van der Waals surface area contributed by atoms with Crippen molar-refractivity contribution in [1.29, 1.82) is 0 Å². The monoisotopic (exact) mass is 396 g/mol. The van der Waals surface area contributed by atoms with Crippen LogP contribution in [0, 0.1) is 24.7 Å². The van der Waals surface area contributed by atoms with Crippen LogP contribution in [-0.4, -0.2) is 33.9 Å². The molecule has 1 aliphatic heterocycles. The van der Waals surface area contributed by atoms with Crippen LogP contribution in [0.25, 0.3) is 0 Å². The number of esters is 1. The van der Waals surface area contributed by atoms with Gasteiger partial charge in [0.05, 0.1) is 14.9 Å². The van der Waals surface area contributed by atoms with Gasteiger partial charge in [-0.2, -0.15) is 0 Å². The first-order valence-corrected chi connectivity index (χ1v) is 11.9. The maximum absolute atomic E-state index is 12.6. The summed E-state index contributed by atoms with van der Waals surface area (Å²) in [6.07, 6.45) is 5.68. The van der Waals surface area contributed by atoms with E-state index in [2.05, 4.69) is 23.5 Å². The molecule has 0 N–H and O–H groups in total. The van der Waals surface area contributed by atoms with Crippen LogP contribution in [0.4, 0.5) is 0 Å². The summed E-state index contributed by atoms with van der Waals surface area (Å²) in [6.45, 7) is 1.86. The molecule has 136 valence electrons. The van der Waals surface area contributed by atoms with E-state index in [9.17, 15) is 9.59 Å². The summed E-state index contributed by atoms with van der Waals surface area (Å²) >= 11 is 5.76. The Labute approximate surface area is 161 Å². The zero-order valence-electron chi connectivity index (χ0n) is 14.5. The van der Waals surface area contributed by atoms with E-state index in [4.69, 9.17) is 4.74 Å². The Morgan fingerprint density at radius 3 is 2.44 bits per heavy atom. The molecule has 1 aromatic heterocycles. The highest BCUT2D eigenvalue weighted by Crippen LogP contribution is 2.64. The van der Waals surface area contributed by atoms with Crippen LogP contribution in [0.1, 0.15) is 46.7 Å². The Balaban J connectivity index is 1.36. The number of hydrogen-bond donors (Lipinski definition) is 0. The fraction of sp³-hybridized carbons (Fsp3) is 0.684. The maximum Gasteiger partial charge on any atom is 0.309 e. The lowest BCUT2D eigenvalue weighted by molar-refractivity contribution is -0.150. The molecule has 3 aliphatic rings. The molecule has 4 rings (SSSR count). The van der Waals surface area contributed by atoms with Crippen molar-refractivity contribution in [2.24, 2.45) is 17.8 Å². The Morgan fingerprint density at radius 1 is 1.16 bits per heavy atom. The average molecular weight is 397 g/mol. The Bertz CT molecular complexity index is 647. The van der Waals surface area contributed by atoms with Gasteiger partial charge >= 0.3 is 5.97 Å². The van der Waals surface area contributed by atoms with E-state index >= 15 is 0 Å². The van der Waals surface area contributed by atoms with Crippen molar-refractivity contribution in [2.45, 2.75) is 43.1 Å². The molecule has 1 spiro atoms. The maximum atomic E-state index is 12.6. The van der Waals surface area contributed by atoms with Crippen LogP contribution in [0.2, 0.25) is 0 Å². The zero-order chi connectivity index (χ0) is 17.4. The minimum absolute atomic E-state index is 0.0133. The lowest BCUT2D eigenvalue weighted by atomic mass is 9.67. The van der Waals surface area contributed by atoms with E-state index < -0.39 is 0 Å². The van der Waals surface area contributed by atoms with E-state index in [1.165, 1.54) is 42.1 Å².